The molecule has 1 aliphatic heterocycles. The predicted octanol–water partition coefficient (Wildman–Crippen LogP) is 2.41. The fourth-order valence-corrected chi connectivity index (χ4v) is 4.86. The number of thiophene rings is 1. The van der Waals surface area contributed by atoms with Gasteiger partial charge in [0.25, 0.3) is 0 Å². The third-order valence-electron chi connectivity index (χ3n) is 4.91. The minimum absolute atomic E-state index is 0.0944. The third-order valence-corrected chi connectivity index (χ3v) is 6.00. The lowest BCUT2D eigenvalue weighted by Crippen LogP contribution is -2.47. The maximum atomic E-state index is 9.90. The molecule has 24 heavy (non-hydrogen) atoms. The van der Waals surface area contributed by atoms with Gasteiger partial charge in [0.1, 0.15) is 6.07 Å². The quantitative estimate of drug-likeness (QED) is 0.849. The van der Waals surface area contributed by atoms with Crippen molar-refractivity contribution in [2.45, 2.75) is 12.8 Å². The lowest BCUT2D eigenvalue weighted by Gasteiger charge is -2.44. The SMILES string of the molecule is Cc1ccc(C2C3CN(C)CC=C3C(C#N)=C(N)C2(C#N)C#N)s1. The molecule has 0 spiro atoms. The van der Waals surface area contributed by atoms with Gasteiger partial charge in [0.2, 0.25) is 0 Å². The van der Waals surface area contributed by atoms with Gasteiger partial charge in [0, 0.05) is 34.7 Å². The Labute approximate surface area is 145 Å². The fourth-order valence-electron chi connectivity index (χ4n) is 3.75. The normalized spacial score (nSPS) is 25.9. The Morgan fingerprint density at radius 3 is 2.54 bits per heavy atom. The predicted molar refractivity (Wildman–Crippen MR) is 91.4 cm³/mol. The number of nitrogens with two attached hydrogens (primary N) is 1. The molecular formula is C18H17N5S. The van der Waals surface area contributed by atoms with E-state index < -0.39 is 5.41 Å². The molecule has 1 aromatic heterocycles. The largest absolute Gasteiger partial charge is 0.399 e. The Morgan fingerprint density at radius 1 is 1.29 bits per heavy atom. The highest BCUT2D eigenvalue weighted by molar-refractivity contribution is 7.12. The first-order chi connectivity index (χ1) is 11.5. The molecule has 0 saturated carbocycles. The van der Waals surface area contributed by atoms with Gasteiger partial charge < -0.3 is 10.6 Å². The number of hydrogen-bond donors (Lipinski definition) is 1. The number of likely N-dealkylation sites (N-methyl/N-ethyl adjacent to an activating group) is 1. The van der Waals surface area contributed by atoms with Gasteiger partial charge >= 0.3 is 0 Å². The van der Waals surface area contributed by atoms with E-state index in [4.69, 9.17) is 5.73 Å². The zero-order valence-corrected chi connectivity index (χ0v) is 14.4. The molecule has 0 radical (unpaired) electrons. The number of fused-ring (bicyclic) bond motifs is 1. The van der Waals surface area contributed by atoms with Gasteiger partial charge in [-0.1, -0.05) is 6.08 Å². The van der Waals surface area contributed by atoms with Crippen LogP contribution in [-0.4, -0.2) is 25.0 Å². The highest BCUT2D eigenvalue weighted by Gasteiger charge is 2.54. The van der Waals surface area contributed by atoms with E-state index in [0.29, 0.717) is 12.1 Å². The summed E-state index contributed by atoms with van der Waals surface area (Å²) in [6.07, 6.45) is 2.01. The maximum Gasteiger partial charge on any atom is 0.192 e. The number of nitriles is 3. The van der Waals surface area contributed by atoms with E-state index in [1.54, 1.807) is 11.3 Å². The van der Waals surface area contributed by atoms with Crippen molar-refractivity contribution in [2.24, 2.45) is 17.1 Å². The fraction of sp³-hybridized carbons (Fsp3) is 0.389. The van der Waals surface area contributed by atoms with Gasteiger partial charge in [-0.3, -0.25) is 0 Å². The van der Waals surface area contributed by atoms with E-state index in [9.17, 15) is 15.8 Å². The molecule has 0 fully saturated rings. The molecular weight excluding hydrogens is 318 g/mol. The summed E-state index contributed by atoms with van der Waals surface area (Å²) < 4.78 is 0. The van der Waals surface area contributed by atoms with Crippen molar-refractivity contribution < 1.29 is 0 Å². The Morgan fingerprint density at radius 2 is 2.00 bits per heavy atom. The number of rotatable bonds is 1. The molecule has 120 valence electrons. The summed E-state index contributed by atoms with van der Waals surface area (Å²) in [4.78, 5) is 4.23. The second kappa shape index (κ2) is 5.80. The van der Waals surface area contributed by atoms with Crippen molar-refractivity contribution in [1.82, 2.24) is 4.90 Å². The topological polar surface area (TPSA) is 101 Å². The van der Waals surface area contributed by atoms with Crippen molar-refractivity contribution >= 4 is 11.3 Å². The molecule has 0 bridgehead atoms. The van der Waals surface area contributed by atoms with Gasteiger partial charge in [-0.2, -0.15) is 15.8 Å². The number of allylic oxidation sites excluding steroid dienone is 2. The van der Waals surface area contributed by atoms with E-state index in [-0.39, 0.29) is 17.5 Å². The lowest BCUT2D eigenvalue weighted by molar-refractivity contribution is 0.240. The van der Waals surface area contributed by atoms with Crippen LogP contribution in [0, 0.1) is 52.2 Å². The van der Waals surface area contributed by atoms with Gasteiger partial charge in [0.15, 0.2) is 5.41 Å². The first-order valence-corrected chi connectivity index (χ1v) is 8.48. The zero-order chi connectivity index (χ0) is 17.5. The molecule has 3 rings (SSSR count). The van der Waals surface area contributed by atoms with E-state index in [1.165, 1.54) is 0 Å². The summed E-state index contributed by atoms with van der Waals surface area (Å²) in [6, 6.07) is 10.4. The Bertz CT molecular complexity index is 856. The molecule has 1 aromatic rings. The van der Waals surface area contributed by atoms with Crippen LogP contribution in [0.4, 0.5) is 0 Å². The van der Waals surface area contributed by atoms with E-state index in [0.717, 1.165) is 21.9 Å². The standard InChI is InChI=1S/C18H17N5S/c1-11-3-4-15(24-11)16-14-8-23(2)6-5-12(14)13(7-19)17(22)18(16,9-20)10-21/h3-5,14,16H,6,8,22H2,1-2H3. The molecule has 2 N–H and O–H groups in total. The molecule has 2 atom stereocenters. The minimum Gasteiger partial charge on any atom is -0.399 e. The van der Waals surface area contributed by atoms with E-state index in [1.807, 2.05) is 32.2 Å². The smallest absolute Gasteiger partial charge is 0.192 e. The number of hydrogen-bond acceptors (Lipinski definition) is 6. The van der Waals surface area contributed by atoms with Gasteiger partial charge in [-0.15, -0.1) is 11.3 Å². The van der Waals surface area contributed by atoms with Crippen LogP contribution in [0.1, 0.15) is 15.7 Å². The number of aryl methyl sites for hydroxylation is 1. The van der Waals surface area contributed by atoms with Crippen molar-refractivity contribution in [3.63, 3.8) is 0 Å². The van der Waals surface area contributed by atoms with Crippen molar-refractivity contribution in [3.8, 4) is 18.2 Å². The molecule has 1 aliphatic carbocycles. The second-order valence-corrected chi connectivity index (χ2v) is 7.66. The molecule has 0 aromatic carbocycles. The Balaban J connectivity index is 2.33. The van der Waals surface area contributed by atoms with Crippen LogP contribution in [0.2, 0.25) is 0 Å². The van der Waals surface area contributed by atoms with Crippen LogP contribution < -0.4 is 5.73 Å². The molecule has 2 heterocycles. The lowest BCUT2D eigenvalue weighted by atomic mass is 9.59. The van der Waals surface area contributed by atoms with E-state index in [2.05, 4.69) is 23.1 Å². The average Bonchev–Trinajstić information content (AvgIpc) is 3.00. The Kier molecular flexibility index (Phi) is 3.93. The summed E-state index contributed by atoms with van der Waals surface area (Å²) in [5.41, 5.74) is 6.00. The average molecular weight is 335 g/mol. The maximum absolute atomic E-state index is 9.90. The van der Waals surface area contributed by atoms with Crippen molar-refractivity contribution in [2.75, 3.05) is 20.1 Å². The molecule has 6 heteroatoms. The zero-order valence-electron chi connectivity index (χ0n) is 13.6. The summed E-state index contributed by atoms with van der Waals surface area (Å²) >= 11 is 1.59. The first kappa shape index (κ1) is 16.3. The van der Waals surface area contributed by atoms with Crippen LogP contribution in [-0.2, 0) is 0 Å². The highest BCUT2D eigenvalue weighted by atomic mass is 32.1. The van der Waals surface area contributed by atoms with Gasteiger partial charge in [-0.05, 0) is 31.7 Å². The number of nitrogens with zero attached hydrogens (tertiary/aromatic N) is 4. The molecule has 5 nitrogen and oxygen atoms in total. The summed E-state index contributed by atoms with van der Waals surface area (Å²) in [6.45, 7) is 3.42. The summed E-state index contributed by atoms with van der Waals surface area (Å²) in [7, 11) is 2.00. The van der Waals surface area contributed by atoms with Crippen LogP contribution in [0.5, 0.6) is 0 Å². The third kappa shape index (κ3) is 2.14. The van der Waals surface area contributed by atoms with Gasteiger partial charge in [0.05, 0.1) is 23.4 Å². The van der Waals surface area contributed by atoms with Crippen molar-refractivity contribution in [3.05, 3.63) is 44.8 Å². The van der Waals surface area contributed by atoms with Crippen LogP contribution in [0.3, 0.4) is 0 Å². The minimum atomic E-state index is -1.51. The summed E-state index contributed by atoms with van der Waals surface area (Å²) in [5.74, 6) is -0.458. The van der Waals surface area contributed by atoms with Gasteiger partial charge in [-0.25, -0.2) is 0 Å². The molecule has 0 amide bonds. The van der Waals surface area contributed by atoms with Crippen molar-refractivity contribution in [1.29, 1.82) is 15.8 Å². The van der Waals surface area contributed by atoms with Crippen LogP contribution in [0.25, 0.3) is 0 Å². The second-order valence-electron chi connectivity index (χ2n) is 6.35. The van der Waals surface area contributed by atoms with Crippen LogP contribution in [0.15, 0.2) is 35.1 Å². The van der Waals surface area contributed by atoms with E-state index >= 15 is 0 Å². The molecule has 2 unspecified atom stereocenters. The highest BCUT2D eigenvalue weighted by Crippen LogP contribution is 2.55. The monoisotopic (exact) mass is 335 g/mol. The molecule has 2 aliphatic rings. The molecule has 0 saturated heterocycles. The first-order valence-electron chi connectivity index (χ1n) is 7.66. The van der Waals surface area contributed by atoms with Crippen LogP contribution >= 0.6 is 11.3 Å². The Hall–Kier alpha value is -2.59. The summed E-state index contributed by atoms with van der Waals surface area (Å²) in [5, 5.41) is 29.4.